The van der Waals surface area contributed by atoms with Crippen molar-refractivity contribution in [3.8, 4) is 5.75 Å². The molecular formula is C20H20ClFN2O4. The van der Waals surface area contributed by atoms with Crippen molar-refractivity contribution in [3.05, 3.63) is 73.6 Å². The van der Waals surface area contributed by atoms with Gasteiger partial charge >= 0.3 is 5.69 Å². The van der Waals surface area contributed by atoms with Crippen LogP contribution in [0.15, 0.2) is 46.0 Å². The van der Waals surface area contributed by atoms with E-state index in [4.69, 9.17) is 16.3 Å². The molecule has 0 aliphatic heterocycles. The van der Waals surface area contributed by atoms with Crippen molar-refractivity contribution < 1.29 is 14.2 Å². The van der Waals surface area contributed by atoms with Crippen LogP contribution < -0.4 is 16.0 Å². The van der Waals surface area contributed by atoms with Gasteiger partial charge in [0.15, 0.2) is 5.82 Å². The standard InChI is InChI=1S/C20H20ClFN2O4/c1-20(2,27)11-24-17-14(8-9-15(21)16(17)22)18(25)23(19(24)26)10-12-4-6-13(28-3)7-5-12/h4-9,27H,10-11H2,1-3H3. The van der Waals surface area contributed by atoms with Crippen LogP contribution in [0.1, 0.15) is 19.4 Å². The van der Waals surface area contributed by atoms with Crippen LogP contribution >= 0.6 is 11.6 Å². The highest BCUT2D eigenvalue weighted by molar-refractivity contribution is 6.31. The maximum atomic E-state index is 14.7. The average Bonchev–Trinajstić information content (AvgIpc) is 2.64. The van der Waals surface area contributed by atoms with Crippen LogP contribution in [0.4, 0.5) is 4.39 Å². The Morgan fingerprint density at radius 2 is 1.75 bits per heavy atom. The number of rotatable bonds is 5. The number of aromatic nitrogens is 2. The van der Waals surface area contributed by atoms with Crippen molar-refractivity contribution in [1.29, 1.82) is 0 Å². The van der Waals surface area contributed by atoms with E-state index in [9.17, 15) is 19.1 Å². The topological polar surface area (TPSA) is 73.5 Å². The van der Waals surface area contributed by atoms with E-state index < -0.39 is 22.7 Å². The Hall–Kier alpha value is -2.64. The minimum absolute atomic E-state index is 0.00625. The fourth-order valence-electron chi connectivity index (χ4n) is 3.04. The highest BCUT2D eigenvalue weighted by Gasteiger charge is 2.23. The second kappa shape index (κ2) is 7.41. The van der Waals surface area contributed by atoms with Crippen LogP contribution in [0, 0.1) is 5.82 Å². The Kier molecular flexibility index (Phi) is 5.32. The van der Waals surface area contributed by atoms with Crippen LogP contribution in [-0.2, 0) is 13.1 Å². The fourth-order valence-corrected chi connectivity index (χ4v) is 3.19. The fraction of sp³-hybridized carbons (Fsp3) is 0.300. The third kappa shape index (κ3) is 3.81. The Morgan fingerprint density at radius 3 is 2.32 bits per heavy atom. The van der Waals surface area contributed by atoms with Gasteiger partial charge in [-0.15, -0.1) is 0 Å². The maximum Gasteiger partial charge on any atom is 0.331 e. The van der Waals surface area contributed by atoms with Crippen molar-refractivity contribution in [2.24, 2.45) is 0 Å². The first kappa shape index (κ1) is 20.1. The summed E-state index contributed by atoms with van der Waals surface area (Å²) in [4.78, 5) is 26.0. The van der Waals surface area contributed by atoms with Crippen LogP contribution in [0.2, 0.25) is 5.02 Å². The molecule has 8 heteroatoms. The van der Waals surface area contributed by atoms with E-state index in [1.807, 2.05) is 0 Å². The van der Waals surface area contributed by atoms with Crippen LogP contribution in [-0.4, -0.2) is 27.0 Å². The summed E-state index contributed by atoms with van der Waals surface area (Å²) >= 11 is 5.86. The van der Waals surface area contributed by atoms with E-state index in [1.54, 1.807) is 24.3 Å². The van der Waals surface area contributed by atoms with Gasteiger partial charge < -0.3 is 9.84 Å². The predicted octanol–water partition coefficient (Wildman–Crippen LogP) is 2.78. The molecule has 0 unspecified atom stereocenters. The first-order chi connectivity index (χ1) is 13.1. The number of halogens is 2. The molecule has 0 saturated heterocycles. The van der Waals surface area contributed by atoms with Crippen LogP contribution in [0.3, 0.4) is 0 Å². The summed E-state index contributed by atoms with van der Waals surface area (Å²) in [5.74, 6) is -0.222. The quantitative estimate of drug-likeness (QED) is 0.707. The summed E-state index contributed by atoms with van der Waals surface area (Å²) < 4.78 is 21.9. The number of benzene rings is 2. The van der Waals surface area contributed by atoms with Gasteiger partial charge in [0.05, 0.1) is 41.7 Å². The molecule has 0 fully saturated rings. The molecule has 3 rings (SSSR count). The molecule has 6 nitrogen and oxygen atoms in total. The van der Waals surface area contributed by atoms with E-state index >= 15 is 0 Å². The number of nitrogens with zero attached hydrogens (tertiary/aromatic N) is 2. The van der Waals surface area contributed by atoms with Crippen molar-refractivity contribution in [2.45, 2.75) is 32.5 Å². The second-order valence-electron chi connectivity index (χ2n) is 7.18. The summed E-state index contributed by atoms with van der Waals surface area (Å²) in [6.07, 6.45) is 0. The van der Waals surface area contributed by atoms with Crippen LogP contribution in [0.5, 0.6) is 5.75 Å². The van der Waals surface area contributed by atoms with Crippen molar-refractivity contribution >= 4 is 22.5 Å². The number of aliphatic hydroxyl groups is 1. The van der Waals surface area contributed by atoms with Crippen molar-refractivity contribution in [2.75, 3.05) is 7.11 Å². The molecule has 0 spiro atoms. The van der Waals surface area contributed by atoms with Gasteiger partial charge in [0.2, 0.25) is 0 Å². The molecule has 3 aromatic rings. The molecule has 0 atom stereocenters. The SMILES string of the molecule is COc1ccc(Cn2c(=O)c3ccc(Cl)c(F)c3n(CC(C)(C)O)c2=O)cc1. The Labute approximate surface area is 165 Å². The second-order valence-corrected chi connectivity index (χ2v) is 7.59. The van der Waals surface area contributed by atoms with Gasteiger partial charge in [0, 0.05) is 0 Å². The maximum absolute atomic E-state index is 14.7. The number of methoxy groups -OCH3 is 1. The Morgan fingerprint density at radius 1 is 1.11 bits per heavy atom. The summed E-state index contributed by atoms with van der Waals surface area (Å²) in [6, 6.07) is 9.56. The smallest absolute Gasteiger partial charge is 0.331 e. The molecule has 0 saturated carbocycles. The molecule has 0 aliphatic rings. The zero-order valence-corrected chi connectivity index (χ0v) is 16.5. The van der Waals surface area contributed by atoms with E-state index in [0.29, 0.717) is 11.3 Å². The third-order valence-corrected chi connectivity index (χ3v) is 4.61. The first-order valence-corrected chi connectivity index (χ1v) is 8.97. The van der Waals surface area contributed by atoms with Gasteiger partial charge in [-0.3, -0.25) is 13.9 Å². The first-order valence-electron chi connectivity index (χ1n) is 8.59. The lowest BCUT2D eigenvalue weighted by Crippen LogP contribution is -2.43. The molecule has 1 heterocycles. The summed E-state index contributed by atoms with van der Waals surface area (Å²) in [7, 11) is 1.54. The Balaban J connectivity index is 2.27. The highest BCUT2D eigenvalue weighted by atomic mass is 35.5. The van der Waals surface area contributed by atoms with E-state index in [1.165, 1.54) is 33.1 Å². The van der Waals surface area contributed by atoms with Crippen molar-refractivity contribution in [3.63, 3.8) is 0 Å². The zero-order chi connectivity index (χ0) is 20.6. The van der Waals surface area contributed by atoms with Gasteiger partial charge in [-0.2, -0.15) is 0 Å². The molecule has 0 amide bonds. The van der Waals surface area contributed by atoms with Gasteiger partial charge in [0.1, 0.15) is 5.75 Å². The minimum atomic E-state index is -1.31. The van der Waals surface area contributed by atoms with E-state index in [-0.39, 0.29) is 29.0 Å². The van der Waals surface area contributed by atoms with Crippen LogP contribution in [0.25, 0.3) is 10.9 Å². The molecular weight excluding hydrogens is 387 g/mol. The summed E-state index contributed by atoms with van der Waals surface area (Å²) in [6.45, 7) is 2.77. The molecule has 0 bridgehead atoms. The molecule has 148 valence electrons. The van der Waals surface area contributed by atoms with Crippen molar-refractivity contribution in [1.82, 2.24) is 9.13 Å². The lowest BCUT2D eigenvalue weighted by molar-refractivity contribution is 0.0608. The highest BCUT2D eigenvalue weighted by Crippen LogP contribution is 2.23. The number of ether oxygens (including phenoxy) is 1. The molecule has 0 radical (unpaired) electrons. The molecule has 2 aromatic carbocycles. The number of hydrogen-bond donors (Lipinski definition) is 1. The molecule has 28 heavy (non-hydrogen) atoms. The van der Waals surface area contributed by atoms with Gasteiger partial charge in [-0.1, -0.05) is 23.7 Å². The lowest BCUT2D eigenvalue weighted by Gasteiger charge is -2.22. The Bertz CT molecular complexity index is 1140. The average molecular weight is 407 g/mol. The van der Waals surface area contributed by atoms with Gasteiger partial charge in [0.25, 0.3) is 5.56 Å². The predicted molar refractivity (Wildman–Crippen MR) is 106 cm³/mol. The van der Waals surface area contributed by atoms with E-state index in [0.717, 1.165) is 9.13 Å². The lowest BCUT2D eigenvalue weighted by atomic mass is 10.1. The zero-order valence-electron chi connectivity index (χ0n) is 15.7. The third-order valence-electron chi connectivity index (χ3n) is 4.32. The van der Waals surface area contributed by atoms with Gasteiger partial charge in [-0.05, 0) is 43.7 Å². The monoisotopic (exact) mass is 406 g/mol. The van der Waals surface area contributed by atoms with E-state index in [2.05, 4.69) is 0 Å². The minimum Gasteiger partial charge on any atom is -0.497 e. The molecule has 1 aromatic heterocycles. The summed E-state index contributed by atoms with van der Waals surface area (Å²) in [5, 5.41) is 10.0. The normalized spacial score (nSPS) is 11.8. The van der Waals surface area contributed by atoms with Gasteiger partial charge in [-0.25, -0.2) is 9.18 Å². The number of hydrogen-bond acceptors (Lipinski definition) is 4. The molecule has 1 N–H and O–H groups in total. The largest absolute Gasteiger partial charge is 0.497 e. The molecule has 0 aliphatic carbocycles. The number of fused-ring (bicyclic) bond motifs is 1. The summed E-state index contributed by atoms with van der Waals surface area (Å²) in [5.41, 5.74) is -2.18.